The van der Waals surface area contributed by atoms with Crippen molar-refractivity contribution in [2.75, 3.05) is 0 Å². The number of nitrogens with zero attached hydrogens (tertiary/aromatic N) is 1. The first-order chi connectivity index (χ1) is 5.63. The fourth-order valence-corrected chi connectivity index (χ4v) is 1.50. The van der Waals surface area contributed by atoms with Gasteiger partial charge in [-0.15, -0.1) is 0 Å². The van der Waals surface area contributed by atoms with Crippen LogP contribution in [-0.4, -0.2) is 0 Å². The molecule has 0 aliphatic rings. The minimum absolute atomic E-state index is 0.184. The summed E-state index contributed by atoms with van der Waals surface area (Å²) in [6.45, 7) is 4.07. The van der Waals surface area contributed by atoms with Crippen LogP contribution in [0.4, 0.5) is 0 Å². The highest BCUT2D eigenvalue weighted by Gasteiger charge is 2.05. The Hall–Kier alpha value is -0.810. The zero-order valence-electron chi connectivity index (χ0n) is 7.13. The third-order valence-corrected chi connectivity index (χ3v) is 2.38. The van der Waals surface area contributed by atoms with E-state index in [1.807, 2.05) is 26.0 Å². The van der Waals surface area contributed by atoms with Gasteiger partial charge >= 0.3 is 0 Å². The van der Waals surface area contributed by atoms with Gasteiger partial charge in [0.25, 0.3) is 0 Å². The average Bonchev–Trinajstić information content (AvgIpc) is 2.01. The van der Waals surface area contributed by atoms with E-state index in [0.29, 0.717) is 0 Å². The molecule has 0 amide bonds. The van der Waals surface area contributed by atoms with Crippen LogP contribution in [0, 0.1) is 25.2 Å². The molecule has 0 N–H and O–H groups in total. The highest BCUT2D eigenvalue weighted by atomic mass is 79.9. The highest BCUT2D eigenvalue weighted by molar-refractivity contribution is 9.09. The van der Waals surface area contributed by atoms with E-state index in [-0.39, 0.29) is 4.83 Å². The molecule has 1 aromatic carbocycles. The Morgan fingerprint density at radius 2 is 1.75 bits per heavy atom. The molecule has 0 aliphatic heterocycles. The van der Waals surface area contributed by atoms with Crippen molar-refractivity contribution in [1.29, 1.82) is 5.26 Å². The van der Waals surface area contributed by atoms with Gasteiger partial charge in [0.15, 0.2) is 0 Å². The maximum Gasteiger partial charge on any atom is 0.126 e. The van der Waals surface area contributed by atoms with E-state index in [9.17, 15) is 0 Å². The summed E-state index contributed by atoms with van der Waals surface area (Å²) >= 11 is 3.29. The van der Waals surface area contributed by atoms with Gasteiger partial charge in [-0.1, -0.05) is 45.3 Å². The Labute approximate surface area is 81.2 Å². The zero-order chi connectivity index (χ0) is 9.14. The summed E-state index contributed by atoms with van der Waals surface area (Å²) in [6.07, 6.45) is 0. The van der Waals surface area contributed by atoms with Gasteiger partial charge in [-0.3, -0.25) is 0 Å². The van der Waals surface area contributed by atoms with Gasteiger partial charge in [-0.25, -0.2) is 0 Å². The first kappa shape index (κ1) is 9.28. The van der Waals surface area contributed by atoms with E-state index >= 15 is 0 Å². The average molecular weight is 224 g/mol. The summed E-state index contributed by atoms with van der Waals surface area (Å²) in [6, 6.07) is 8.30. The minimum Gasteiger partial charge on any atom is -0.197 e. The molecule has 2 heteroatoms. The molecule has 0 radical (unpaired) electrons. The third kappa shape index (κ3) is 2.09. The molecule has 1 rings (SSSR count). The molecule has 0 aromatic heterocycles. The Kier molecular flexibility index (Phi) is 2.88. The SMILES string of the molecule is Cc1cc(C)cc(C(Br)C#N)c1. The topological polar surface area (TPSA) is 23.8 Å². The molecule has 1 unspecified atom stereocenters. The largest absolute Gasteiger partial charge is 0.197 e. The maximum atomic E-state index is 8.67. The molecule has 0 saturated heterocycles. The predicted octanol–water partition coefficient (Wildman–Crippen LogP) is 3.26. The van der Waals surface area contributed by atoms with Crippen LogP contribution in [0.1, 0.15) is 21.5 Å². The monoisotopic (exact) mass is 223 g/mol. The van der Waals surface area contributed by atoms with Crippen LogP contribution in [0.2, 0.25) is 0 Å². The normalized spacial score (nSPS) is 12.2. The Morgan fingerprint density at radius 3 is 2.17 bits per heavy atom. The van der Waals surface area contributed by atoms with Crippen molar-refractivity contribution in [3.05, 3.63) is 34.9 Å². The second kappa shape index (κ2) is 3.73. The fourth-order valence-electron chi connectivity index (χ4n) is 1.23. The smallest absolute Gasteiger partial charge is 0.126 e. The first-order valence-corrected chi connectivity index (χ1v) is 4.67. The molecular formula is C10H10BrN. The summed E-state index contributed by atoms with van der Waals surface area (Å²) in [5.74, 6) is 0. The number of nitriles is 1. The van der Waals surface area contributed by atoms with Gasteiger partial charge in [-0.2, -0.15) is 5.26 Å². The van der Waals surface area contributed by atoms with Crippen molar-refractivity contribution in [3.8, 4) is 6.07 Å². The Morgan fingerprint density at radius 1 is 1.25 bits per heavy atom. The molecule has 12 heavy (non-hydrogen) atoms. The quantitative estimate of drug-likeness (QED) is 0.671. The standard InChI is InChI=1S/C10H10BrN/c1-7-3-8(2)5-9(4-7)10(11)6-12/h3-5,10H,1-2H3. The minimum atomic E-state index is -0.184. The lowest BCUT2D eigenvalue weighted by Gasteiger charge is -2.04. The zero-order valence-corrected chi connectivity index (χ0v) is 8.72. The summed E-state index contributed by atoms with van der Waals surface area (Å²) in [7, 11) is 0. The summed E-state index contributed by atoms with van der Waals surface area (Å²) in [4.78, 5) is -0.184. The van der Waals surface area contributed by atoms with Crippen molar-refractivity contribution in [1.82, 2.24) is 0 Å². The number of benzene rings is 1. The maximum absolute atomic E-state index is 8.67. The molecule has 0 spiro atoms. The van der Waals surface area contributed by atoms with E-state index in [1.54, 1.807) is 0 Å². The number of hydrogen-bond donors (Lipinski definition) is 0. The second-order valence-corrected chi connectivity index (χ2v) is 3.83. The molecule has 0 bridgehead atoms. The van der Waals surface area contributed by atoms with Gasteiger partial charge in [0.2, 0.25) is 0 Å². The lowest BCUT2D eigenvalue weighted by Crippen LogP contribution is -1.88. The molecule has 62 valence electrons. The van der Waals surface area contributed by atoms with Gasteiger partial charge in [-0.05, 0) is 19.4 Å². The third-order valence-electron chi connectivity index (χ3n) is 1.65. The number of halogens is 1. The van der Waals surface area contributed by atoms with Crippen molar-refractivity contribution in [2.24, 2.45) is 0 Å². The van der Waals surface area contributed by atoms with E-state index in [0.717, 1.165) is 5.56 Å². The van der Waals surface area contributed by atoms with Crippen molar-refractivity contribution >= 4 is 15.9 Å². The molecule has 1 aromatic rings. The van der Waals surface area contributed by atoms with Crippen molar-refractivity contribution in [3.63, 3.8) is 0 Å². The summed E-state index contributed by atoms with van der Waals surface area (Å²) in [5, 5.41) is 8.67. The Bertz CT molecular complexity index is 305. The molecule has 0 heterocycles. The van der Waals surface area contributed by atoms with Crippen molar-refractivity contribution < 1.29 is 0 Å². The van der Waals surface area contributed by atoms with Crippen LogP contribution in [0.5, 0.6) is 0 Å². The lowest BCUT2D eigenvalue weighted by atomic mass is 10.1. The van der Waals surface area contributed by atoms with E-state index in [4.69, 9.17) is 5.26 Å². The van der Waals surface area contributed by atoms with Crippen LogP contribution in [0.25, 0.3) is 0 Å². The highest BCUT2D eigenvalue weighted by Crippen LogP contribution is 2.23. The fraction of sp³-hybridized carbons (Fsp3) is 0.300. The molecule has 0 aliphatic carbocycles. The van der Waals surface area contributed by atoms with Crippen LogP contribution >= 0.6 is 15.9 Å². The predicted molar refractivity (Wildman–Crippen MR) is 53.2 cm³/mol. The number of hydrogen-bond acceptors (Lipinski definition) is 1. The van der Waals surface area contributed by atoms with Gasteiger partial charge in [0, 0.05) is 0 Å². The molecule has 0 fully saturated rings. The number of aryl methyl sites for hydroxylation is 2. The summed E-state index contributed by atoms with van der Waals surface area (Å²) < 4.78 is 0. The van der Waals surface area contributed by atoms with Crippen LogP contribution in [0.3, 0.4) is 0 Å². The van der Waals surface area contributed by atoms with E-state index in [2.05, 4.69) is 28.1 Å². The molecule has 1 nitrogen and oxygen atoms in total. The van der Waals surface area contributed by atoms with Gasteiger partial charge < -0.3 is 0 Å². The van der Waals surface area contributed by atoms with Gasteiger partial charge in [0.05, 0.1) is 6.07 Å². The lowest BCUT2D eigenvalue weighted by molar-refractivity contribution is 1.21. The van der Waals surface area contributed by atoms with Crippen LogP contribution in [0.15, 0.2) is 18.2 Å². The van der Waals surface area contributed by atoms with Crippen LogP contribution < -0.4 is 0 Å². The second-order valence-electron chi connectivity index (χ2n) is 2.91. The van der Waals surface area contributed by atoms with Gasteiger partial charge in [0.1, 0.15) is 4.83 Å². The molecular weight excluding hydrogens is 214 g/mol. The first-order valence-electron chi connectivity index (χ1n) is 3.75. The summed E-state index contributed by atoms with van der Waals surface area (Å²) in [5.41, 5.74) is 3.43. The van der Waals surface area contributed by atoms with Crippen molar-refractivity contribution in [2.45, 2.75) is 18.7 Å². The van der Waals surface area contributed by atoms with E-state index < -0.39 is 0 Å². The molecule has 0 saturated carbocycles. The van der Waals surface area contributed by atoms with E-state index in [1.165, 1.54) is 11.1 Å². The van der Waals surface area contributed by atoms with Crippen LogP contribution in [-0.2, 0) is 0 Å². The number of rotatable bonds is 1. The number of alkyl halides is 1. The molecule has 1 atom stereocenters. The Balaban J connectivity index is 3.10.